The molecule has 0 aromatic heterocycles. The van der Waals surface area contributed by atoms with Gasteiger partial charge in [0.05, 0.1) is 5.60 Å². The molecule has 0 spiro atoms. The Morgan fingerprint density at radius 1 is 1.05 bits per heavy atom. The van der Waals surface area contributed by atoms with E-state index in [1.54, 1.807) is 0 Å². The summed E-state index contributed by atoms with van der Waals surface area (Å²) in [5.41, 5.74) is -0.392. The number of hydrogen-bond donors (Lipinski definition) is 1. The predicted octanol–water partition coefficient (Wildman–Crippen LogP) is 3.80. The normalized spacial score (nSPS) is 18.1. The maximum atomic E-state index is 14.7. The molecule has 0 saturated carbocycles. The van der Waals surface area contributed by atoms with Gasteiger partial charge in [-0.1, -0.05) is 60.7 Å². The molecular weight excluding hydrogens is 277 g/mol. The SMILES string of the molecule is [2H]C([2H])([2H])C(C)(O)[C@H](F)CN(Cc1ccccc1)Cc1ccccc1. The van der Waals surface area contributed by atoms with Gasteiger partial charge in [-0.15, -0.1) is 0 Å². The molecule has 1 unspecified atom stereocenters. The fourth-order valence-electron chi connectivity index (χ4n) is 2.27. The first kappa shape index (κ1) is 12.8. The van der Waals surface area contributed by atoms with Crippen LogP contribution >= 0.6 is 0 Å². The number of alkyl halides is 1. The van der Waals surface area contributed by atoms with Crippen LogP contribution < -0.4 is 0 Å². The summed E-state index contributed by atoms with van der Waals surface area (Å²) in [6.45, 7) is -0.985. The van der Waals surface area contributed by atoms with Crippen LogP contribution in [0.5, 0.6) is 0 Å². The number of hydrogen-bond acceptors (Lipinski definition) is 2. The van der Waals surface area contributed by atoms with Crippen LogP contribution in [0.15, 0.2) is 60.7 Å². The third kappa shape index (κ3) is 5.24. The molecule has 2 aromatic carbocycles. The number of rotatable bonds is 7. The molecule has 0 aliphatic heterocycles. The molecule has 3 heteroatoms. The van der Waals surface area contributed by atoms with Crippen molar-refractivity contribution in [3.05, 3.63) is 71.8 Å². The van der Waals surface area contributed by atoms with Gasteiger partial charge in [0.1, 0.15) is 6.17 Å². The largest absolute Gasteiger partial charge is 0.387 e. The summed E-state index contributed by atoms with van der Waals surface area (Å²) < 4.78 is 36.8. The van der Waals surface area contributed by atoms with E-state index in [0.717, 1.165) is 18.1 Å². The highest BCUT2D eigenvalue weighted by Gasteiger charge is 2.28. The molecule has 0 bridgehead atoms. The molecule has 0 heterocycles. The van der Waals surface area contributed by atoms with Crippen LogP contribution in [-0.2, 0) is 13.1 Å². The summed E-state index contributed by atoms with van der Waals surface area (Å²) >= 11 is 0. The van der Waals surface area contributed by atoms with Crippen molar-refractivity contribution >= 4 is 0 Å². The zero-order valence-corrected chi connectivity index (χ0v) is 12.7. The van der Waals surface area contributed by atoms with Gasteiger partial charge in [0, 0.05) is 23.7 Å². The Balaban J connectivity index is 2.16. The van der Waals surface area contributed by atoms with E-state index in [4.69, 9.17) is 4.11 Å². The summed E-state index contributed by atoms with van der Waals surface area (Å²) in [6, 6.07) is 19.2. The van der Waals surface area contributed by atoms with Gasteiger partial charge in [-0.05, 0) is 24.9 Å². The second-order valence-electron chi connectivity index (χ2n) is 5.76. The van der Waals surface area contributed by atoms with Gasteiger partial charge < -0.3 is 5.11 Å². The van der Waals surface area contributed by atoms with Crippen LogP contribution in [0, 0.1) is 0 Å². The molecule has 118 valence electrons. The predicted molar refractivity (Wildman–Crippen MR) is 88.2 cm³/mol. The molecule has 2 nitrogen and oxygen atoms in total. The summed E-state index contributed by atoms with van der Waals surface area (Å²) in [5.74, 6) is 0. The van der Waals surface area contributed by atoms with Crippen molar-refractivity contribution in [2.75, 3.05) is 6.54 Å². The minimum absolute atomic E-state index is 0.171. The highest BCUT2D eigenvalue weighted by atomic mass is 19.1. The van der Waals surface area contributed by atoms with Gasteiger partial charge in [-0.2, -0.15) is 0 Å². The smallest absolute Gasteiger partial charge is 0.141 e. The molecule has 2 atom stereocenters. The van der Waals surface area contributed by atoms with Gasteiger partial charge >= 0.3 is 0 Å². The van der Waals surface area contributed by atoms with E-state index in [9.17, 15) is 9.50 Å². The van der Waals surface area contributed by atoms with Gasteiger partial charge in [-0.25, -0.2) is 4.39 Å². The van der Waals surface area contributed by atoms with E-state index in [2.05, 4.69) is 0 Å². The highest BCUT2D eigenvalue weighted by Crippen LogP contribution is 2.17. The first-order valence-corrected chi connectivity index (χ1v) is 7.37. The molecule has 2 aromatic rings. The summed E-state index contributed by atoms with van der Waals surface area (Å²) in [6.07, 6.45) is -1.90. The molecule has 0 saturated heterocycles. The van der Waals surface area contributed by atoms with Gasteiger partial charge in [0.25, 0.3) is 0 Å². The quantitative estimate of drug-likeness (QED) is 0.841. The van der Waals surface area contributed by atoms with Crippen LogP contribution in [0.25, 0.3) is 0 Å². The zero-order valence-electron chi connectivity index (χ0n) is 15.7. The maximum absolute atomic E-state index is 14.7. The number of nitrogens with zero attached hydrogens (tertiary/aromatic N) is 1. The molecule has 0 fully saturated rings. The second-order valence-corrected chi connectivity index (χ2v) is 5.76. The van der Waals surface area contributed by atoms with Gasteiger partial charge in [0.2, 0.25) is 0 Å². The van der Waals surface area contributed by atoms with Crippen LogP contribution in [0.3, 0.4) is 0 Å². The zero-order chi connectivity index (χ0) is 18.5. The number of benzene rings is 2. The Bertz CT molecular complexity index is 605. The standard InChI is InChI=1S/C19H24FNO/c1-19(2,22)18(20)15-21(13-16-9-5-3-6-10-16)14-17-11-7-4-8-12-17/h3-12,18,22H,13-15H2,1-2H3/t18-/m1/s1/i1D3/t18-,19?. The first-order valence-electron chi connectivity index (χ1n) is 8.87. The van der Waals surface area contributed by atoms with Crippen LogP contribution in [0.4, 0.5) is 4.39 Å². The Hall–Kier alpha value is -1.71. The average Bonchev–Trinajstić information content (AvgIpc) is 2.55. The van der Waals surface area contributed by atoms with E-state index < -0.39 is 18.6 Å². The van der Waals surface area contributed by atoms with Gasteiger partial charge in [0.15, 0.2) is 0 Å². The van der Waals surface area contributed by atoms with Crippen molar-refractivity contribution in [2.45, 2.75) is 38.6 Å². The molecule has 22 heavy (non-hydrogen) atoms. The van der Waals surface area contributed by atoms with Gasteiger partial charge in [-0.3, -0.25) is 4.90 Å². The molecule has 0 radical (unpaired) electrons. The summed E-state index contributed by atoms with van der Waals surface area (Å²) in [5, 5.41) is 10.1. The maximum Gasteiger partial charge on any atom is 0.141 e. The molecule has 0 aliphatic rings. The van der Waals surface area contributed by atoms with Crippen LogP contribution in [0.1, 0.15) is 29.0 Å². The Morgan fingerprint density at radius 2 is 1.50 bits per heavy atom. The molecule has 0 amide bonds. The second kappa shape index (κ2) is 7.52. The fourth-order valence-corrected chi connectivity index (χ4v) is 2.27. The van der Waals surface area contributed by atoms with Crippen LogP contribution in [0.2, 0.25) is 0 Å². The van der Waals surface area contributed by atoms with E-state index in [0.29, 0.717) is 13.1 Å². The Morgan fingerprint density at radius 3 is 1.91 bits per heavy atom. The lowest BCUT2D eigenvalue weighted by atomic mass is 10.0. The average molecular weight is 304 g/mol. The third-order valence-electron chi connectivity index (χ3n) is 3.53. The summed E-state index contributed by atoms with van der Waals surface area (Å²) in [7, 11) is 0. The lowest BCUT2D eigenvalue weighted by Gasteiger charge is -2.29. The van der Waals surface area contributed by atoms with Crippen molar-refractivity contribution in [3.8, 4) is 0 Å². The van der Waals surface area contributed by atoms with Crippen molar-refractivity contribution in [1.29, 1.82) is 0 Å². The highest BCUT2D eigenvalue weighted by molar-refractivity contribution is 5.17. The van der Waals surface area contributed by atoms with Crippen molar-refractivity contribution < 1.29 is 13.6 Å². The molecule has 2 rings (SSSR count). The van der Waals surface area contributed by atoms with Crippen LogP contribution in [-0.4, -0.2) is 28.3 Å². The fraction of sp³-hybridized carbons (Fsp3) is 0.368. The number of aliphatic hydroxyl groups is 1. The lowest BCUT2D eigenvalue weighted by Crippen LogP contribution is -2.41. The monoisotopic (exact) mass is 304 g/mol. The third-order valence-corrected chi connectivity index (χ3v) is 3.53. The number of halogens is 1. The molecule has 0 aliphatic carbocycles. The van der Waals surface area contributed by atoms with Crippen molar-refractivity contribution in [2.24, 2.45) is 0 Å². The van der Waals surface area contributed by atoms with E-state index in [-0.39, 0.29) is 6.54 Å². The molecular formula is C19H24FNO. The minimum Gasteiger partial charge on any atom is -0.387 e. The van der Waals surface area contributed by atoms with E-state index in [1.807, 2.05) is 65.6 Å². The Labute approximate surface area is 136 Å². The first-order chi connectivity index (χ1) is 11.7. The van der Waals surface area contributed by atoms with E-state index in [1.165, 1.54) is 0 Å². The minimum atomic E-state index is -2.78. The molecule has 1 N–H and O–H groups in total. The topological polar surface area (TPSA) is 23.5 Å². The van der Waals surface area contributed by atoms with Crippen molar-refractivity contribution in [1.82, 2.24) is 4.90 Å². The van der Waals surface area contributed by atoms with Crippen molar-refractivity contribution in [3.63, 3.8) is 0 Å². The summed E-state index contributed by atoms with van der Waals surface area (Å²) in [4.78, 5) is 1.82. The Kier molecular flexibility index (Phi) is 4.38. The van der Waals surface area contributed by atoms with E-state index >= 15 is 0 Å². The lowest BCUT2D eigenvalue weighted by molar-refractivity contribution is -0.0207.